The van der Waals surface area contributed by atoms with Crippen molar-refractivity contribution in [1.29, 1.82) is 0 Å². The summed E-state index contributed by atoms with van der Waals surface area (Å²) in [5, 5.41) is 26.6. The normalized spacial score (nSPS) is 16.8. The molecule has 0 saturated carbocycles. The van der Waals surface area contributed by atoms with Crippen LogP contribution in [0.5, 0.6) is 0 Å². The molecule has 0 aromatic heterocycles. The first-order chi connectivity index (χ1) is 6.15. The minimum atomic E-state index is -1.18. The maximum atomic E-state index is 9.15. The lowest BCUT2D eigenvalue weighted by Crippen LogP contribution is -2.27. The van der Waals surface area contributed by atoms with Crippen molar-refractivity contribution in [2.45, 2.75) is 18.5 Å². The number of rotatable bonds is 6. The molecular weight excluding hydrogens is 176 g/mol. The third-order valence-corrected chi connectivity index (χ3v) is 1.51. The van der Waals surface area contributed by atoms with E-state index in [0.717, 1.165) is 0 Å². The predicted octanol–water partition coefficient (Wildman–Crippen LogP) is -1.12. The van der Waals surface area contributed by atoms with Crippen LogP contribution in [0.15, 0.2) is 12.2 Å². The third kappa shape index (κ3) is 4.97. The first-order valence-corrected chi connectivity index (χ1v) is 3.86. The van der Waals surface area contributed by atoms with Gasteiger partial charge in [0.05, 0.1) is 6.61 Å². The van der Waals surface area contributed by atoms with Gasteiger partial charge in [-0.1, -0.05) is 6.08 Å². The Morgan fingerprint density at radius 3 is 2.08 bits per heavy atom. The first-order valence-electron chi connectivity index (χ1n) is 3.86. The van der Waals surface area contributed by atoms with E-state index in [1.54, 1.807) is 0 Å². The van der Waals surface area contributed by atoms with Gasteiger partial charge in [-0.05, 0) is 6.08 Å². The summed E-state index contributed by atoms with van der Waals surface area (Å²) in [7, 11) is 2.90. The van der Waals surface area contributed by atoms with Crippen LogP contribution in [0.3, 0.4) is 0 Å². The number of aliphatic hydroxyl groups excluding tert-OH is 3. The molecule has 0 fully saturated rings. The van der Waals surface area contributed by atoms with E-state index in [0.29, 0.717) is 0 Å². The fourth-order valence-corrected chi connectivity index (χ4v) is 0.694. The highest BCUT2D eigenvalue weighted by Crippen LogP contribution is 1.98. The van der Waals surface area contributed by atoms with Crippen molar-refractivity contribution in [3.8, 4) is 0 Å². The van der Waals surface area contributed by atoms with E-state index >= 15 is 0 Å². The van der Waals surface area contributed by atoms with Crippen molar-refractivity contribution in [1.82, 2.24) is 0 Å². The van der Waals surface area contributed by atoms with Crippen molar-refractivity contribution >= 4 is 0 Å². The van der Waals surface area contributed by atoms with Crippen LogP contribution >= 0.6 is 0 Å². The van der Waals surface area contributed by atoms with Crippen molar-refractivity contribution in [2.75, 3.05) is 20.8 Å². The minimum absolute atomic E-state index is 0.490. The highest BCUT2D eigenvalue weighted by Gasteiger charge is 2.11. The van der Waals surface area contributed by atoms with Gasteiger partial charge in [-0.3, -0.25) is 0 Å². The highest BCUT2D eigenvalue weighted by atomic mass is 16.7. The highest BCUT2D eigenvalue weighted by molar-refractivity contribution is 4.94. The van der Waals surface area contributed by atoms with E-state index in [1.807, 2.05) is 0 Å². The van der Waals surface area contributed by atoms with Gasteiger partial charge < -0.3 is 24.8 Å². The molecule has 0 aliphatic heterocycles. The number of methoxy groups -OCH3 is 2. The van der Waals surface area contributed by atoms with Crippen LogP contribution in [0.2, 0.25) is 0 Å². The predicted molar refractivity (Wildman–Crippen MR) is 46.0 cm³/mol. The largest absolute Gasteiger partial charge is 0.394 e. The molecule has 5 heteroatoms. The lowest BCUT2D eigenvalue weighted by atomic mass is 10.2. The lowest BCUT2D eigenvalue weighted by molar-refractivity contribution is -0.0678. The molecule has 0 aromatic rings. The average Bonchev–Trinajstić information content (AvgIpc) is 2.17. The zero-order valence-corrected chi connectivity index (χ0v) is 7.75. The molecule has 0 aliphatic carbocycles. The van der Waals surface area contributed by atoms with E-state index in [2.05, 4.69) is 0 Å². The molecular formula is C8H16O5. The summed E-state index contributed by atoms with van der Waals surface area (Å²) in [5.41, 5.74) is 0. The average molecular weight is 192 g/mol. The summed E-state index contributed by atoms with van der Waals surface area (Å²) in [6.07, 6.45) is -0.0915. The number of hydrogen-bond donors (Lipinski definition) is 3. The summed E-state index contributed by atoms with van der Waals surface area (Å²) < 4.78 is 9.60. The molecule has 0 spiro atoms. The van der Waals surface area contributed by atoms with Crippen LogP contribution in [0.1, 0.15) is 0 Å². The monoisotopic (exact) mass is 192 g/mol. The molecule has 0 amide bonds. The van der Waals surface area contributed by atoms with Crippen molar-refractivity contribution < 1.29 is 24.8 Å². The Bertz CT molecular complexity index is 143. The zero-order valence-electron chi connectivity index (χ0n) is 7.75. The smallest absolute Gasteiger partial charge is 0.176 e. The quantitative estimate of drug-likeness (QED) is 0.367. The van der Waals surface area contributed by atoms with E-state index in [-0.39, 0.29) is 0 Å². The van der Waals surface area contributed by atoms with Gasteiger partial charge in [0.15, 0.2) is 6.29 Å². The molecule has 5 nitrogen and oxygen atoms in total. The van der Waals surface area contributed by atoms with Crippen LogP contribution in [0.4, 0.5) is 0 Å². The molecule has 0 bridgehead atoms. The maximum Gasteiger partial charge on any atom is 0.176 e. The Morgan fingerprint density at radius 2 is 1.69 bits per heavy atom. The van der Waals surface area contributed by atoms with Gasteiger partial charge in [-0.25, -0.2) is 0 Å². The molecule has 13 heavy (non-hydrogen) atoms. The Labute approximate surface area is 77.2 Å². The van der Waals surface area contributed by atoms with Crippen LogP contribution in [0.25, 0.3) is 0 Å². The molecule has 78 valence electrons. The number of ether oxygens (including phenoxy) is 2. The summed E-state index contributed by atoms with van der Waals surface area (Å²) in [6.45, 7) is -0.490. The molecule has 0 heterocycles. The topological polar surface area (TPSA) is 79.2 Å². The van der Waals surface area contributed by atoms with Gasteiger partial charge in [0.2, 0.25) is 0 Å². The Hall–Kier alpha value is -0.460. The van der Waals surface area contributed by atoms with Gasteiger partial charge in [-0.15, -0.1) is 0 Å². The van der Waals surface area contributed by atoms with Gasteiger partial charge in [0.25, 0.3) is 0 Å². The Kier molecular flexibility index (Phi) is 6.75. The van der Waals surface area contributed by atoms with Gasteiger partial charge in [0.1, 0.15) is 12.2 Å². The second-order valence-corrected chi connectivity index (χ2v) is 2.47. The van der Waals surface area contributed by atoms with Gasteiger partial charge in [-0.2, -0.15) is 0 Å². The first kappa shape index (κ1) is 12.5. The molecule has 0 aliphatic rings. The van der Waals surface area contributed by atoms with E-state index < -0.39 is 25.1 Å². The zero-order chi connectivity index (χ0) is 10.3. The minimum Gasteiger partial charge on any atom is -0.394 e. The van der Waals surface area contributed by atoms with Gasteiger partial charge >= 0.3 is 0 Å². The maximum absolute atomic E-state index is 9.15. The molecule has 0 radical (unpaired) electrons. The van der Waals surface area contributed by atoms with Crippen LogP contribution in [0, 0.1) is 0 Å². The molecule has 0 aromatic carbocycles. The molecule has 0 unspecified atom stereocenters. The van der Waals surface area contributed by atoms with Crippen molar-refractivity contribution in [3.63, 3.8) is 0 Å². The molecule has 2 atom stereocenters. The fraction of sp³-hybridized carbons (Fsp3) is 0.750. The van der Waals surface area contributed by atoms with Crippen molar-refractivity contribution in [3.05, 3.63) is 12.2 Å². The van der Waals surface area contributed by atoms with E-state index in [4.69, 9.17) is 24.8 Å². The standard InChI is InChI=1S/C8H16O5/c1-12-8(13-2)4-3-6(10)7(11)5-9/h3-4,6-11H,5H2,1-2H3/b4-3+/t6-,7+/m0/s1. The fourth-order valence-electron chi connectivity index (χ4n) is 0.694. The second kappa shape index (κ2) is 6.99. The summed E-state index contributed by atoms with van der Waals surface area (Å²) in [6, 6.07) is 0. The Balaban J connectivity index is 3.93. The molecule has 3 N–H and O–H groups in total. The van der Waals surface area contributed by atoms with E-state index in [9.17, 15) is 0 Å². The Morgan fingerprint density at radius 1 is 1.15 bits per heavy atom. The van der Waals surface area contributed by atoms with Crippen LogP contribution < -0.4 is 0 Å². The summed E-state index contributed by atoms with van der Waals surface area (Å²) >= 11 is 0. The van der Waals surface area contributed by atoms with Crippen LogP contribution in [-0.2, 0) is 9.47 Å². The van der Waals surface area contributed by atoms with Gasteiger partial charge in [0, 0.05) is 14.2 Å². The second-order valence-electron chi connectivity index (χ2n) is 2.47. The lowest BCUT2D eigenvalue weighted by Gasteiger charge is -2.12. The van der Waals surface area contributed by atoms with Crippen LogP contribution in [-0.4, -0.2) is 54.6 Å². The van der Waals surface area contributed by atoms with E-state index in [1.165, 1.54) is 26.4 Å². The molecule has 0 rings (SSSR count). The third-order valence-electron chi connectivity index (χ3n) is 1.51. The number of aliphatic hydroxyl groups is 3. The summed E-state index contributed by atoms with van der Waals surface area (Å²) in [5.74, 6) is 0. The van der Waals surface area contributed by atoms with Crippen molar-refractivity contribution in [2.24, 2.45) is 0 Å². The number of hydrogen-bond acceptors (Lipinski definition) is 5. The SMILES string of the molecule is COC(/C=C/[C@H](O)[C@H](O)CO)OC. The molecule has 0 saturated heterocycles. The summed E-state index contributed by atoms with van der Waals surface area (Å²) in [4.78, 5) is 0.